The Labute approximate surface area is 343 Å². The van der Waals surface area contributed by atoms with Crippen LogP contribution in [0.15, 0.2) is 60.8 Å². The van der Waals surface area contributed by atoms with Crippen LogP contribution < -0.4 is 4.89 Å². The number of hydrogen-bond donors (Lipinski definition) is 0. The molecule has 0 bridgehead atoms. The van der Waals surface area contributed by atoms with Crippen molar-refractivity contribution in [1.29, 1.82) is 0 Å². The summed E-state index contributed by atoms with van der Waals surface area (Å²) in [4.78, 5) is 37.5. The van der Waals surface area contributed by atoms with E-state index in [1.807, 2.05) is 27.2 Å². The first-order valence-corrected chi connectivity index (χ1v) is 23.5. The van der Waals surface area contributed by atoms with Crippen LogP contribution >= 0.6 is 7.82 Å². The van der Waals surface area contributed by atoms with Gasteiger partial charge in [-0.15, -0.1) is 0 Å². The Morgan fingerprint density at radius 1 is 0.571 bits per heavy atom. The zero-order chi connectivity index (χ0) is 41.4. The van der Waals surface area contributed by atoms with Gasteiger partial charge < -0.3 is 27.9 Å². The number of likely N-dealkylation sites (N-methyl/N-ethyl adjacent to an activating group) is 1. The Morgan fingerprint density at radius 3 is 1.50 bits per heavy atom. The molecule has 0 saturated heterocycles. The van der Waals surface area contributed by atoms with Gasteiger partial charge in [0, 0.05) is 12.8 Å². The van der Waals surface area contributed by atoms with Crippen molar-refractivity contribution in [3.8, 4) is 0 Å². The molecule has 0 spiro atoms. The van der Waals surface area contributed by atoms with Crippen molar-refractivity contribution in [3.63, 3.8) is 0 Å². The minimum atomic E-state index is -4.64. The molecule has 56 heavy (non-hydrogen) atoms. The molecule has 9 nitrogen and oxygen atoms in total. The Balaban J connectivity index is 4.45. The van der Waals surface area contributed by atoms with E-state index >= 15 is 0 Å². The molecule has 0 aliphatic carbocycles. The van der Waals surface area contributed by atoms with E-state index in [-0.39, 0.29) is 26.1 Å². The van der Waals surface area contributed by atoms with Gasteiger partial charge in [0.1, 0.15) is 19.8 Å². The molecule has 0 aromatic carbocycles. The van der Waals surface area contributed by atoms with Gasteiger partial charge in [0.2, 0.25) is 0 Å². The molecule has 0 aliphatic heterocycles. The summed E-state index contributed by atoms with van der Waals surface area (Å²) in [6.45, 7) is 4.04. The highest BCUT2D eigenvalue weighted by Crippen LogP contribution is 2.38. The number of esters is 2. The van der Waals surface area contributed by atoms with Crippen LogP contribution in [0.4, 0.5) is 0 Å². The fourth-order valence-corrected chi connectivity index (χ4v) is 6.36. The third kappa shape index (κ3) is 41.3. The van der Waals surface area contributed by atoms with E-state index in [1.54, 1.807) is 0 Å². The summed E-state index contributed by atoms with van der Waals surface area (Å²) < 4.78 is 33.8. The standard InChI is InChI=1S/C46H82NO8P/c1-6-8-10-12-14-16-18-20-22-23-25-26-28-30-32-34-36-38-45(48)52-42-44(43-54-56(50,51)53-41-40-47(3,4)5)55-46(49)39-37-35-33-31-29-27-24-21-19-17-15-13-11-9-7-2/h8,10,14,16,20,22,25-26,30,32,44H,6-7,9,11-13,15,17-19,21,23-24,27-29,31,33-43H2,1-5H3/b10-8+,16-14+,22-20+,26-25+,32-30+/t44-/m1/s1. The highest BCUT2D eigenvalue weighted by molar-refractivity contribution is 7.45. The van der Waals surface area contributed by atoms with Gasteiger partial charge in [0.25, 0.3) is 7.82 Å². The first kappa shape index (κ1) is 53.7. The van der Waals surface area contributed by atoms with E-state index in [1.165, 1.54) is 70.6 Å². The fourth-order valence-electron chi connectivity index (χ4n) is 5.63. The second-order valence-corrected chi connectivity index (χ2v) is 17.1. The number of allylic oxidation sites excluding steroid dienone is 10. The van der Waals surface area contributed by atoms with Crippen LogP contribution in [0.5, 0.6) is 0 Å². The van der Waals surface area contributed by atoms with Crippen molar-refractivity contribution >= 4 is 19.8 Å². The summed E-state index contributed by atoms with van der Waals surface area (Å²) in [6.07, 6.45) is 45.4. The molecule has 0 saturated carbocycles. The fraction of sp³-hybridized carbons (Fsp3) is 0.739. The van der Waals surface area contributed by atoms with Gasteiger partial charge in [-0.05, 0) is 51.4 Å². The molecule has 0 N–H and O–H groups in total. The number of ether oxygens (including phenoxy) is 2. The Morgan fingerprint density at radius 2 is 1.02 bits per heavy atom. The maximum Gasteiger partial charge on any atom is 0.306 e. The molecule has 2 atom stereocenters. The smallest absolute Gasteiger partial charge is 0.306 e. The summed E-state index contributed by atoms with van der Waals surface area (Å²) >= 11 is 0. The number of phosphoric ester groups is 1. The number of nitrogens with zero attached hydrogens (tertiary/aromatic N) is 1. The van der Waals surface area contributed by atoms with Crippen LogP contribution in [0, 0.1) is 0 Å². The minimum Gasteiger partial charge on any atom is -0.756 e. The Kier molecular flexibility index (Phi) is 36.7. The Bertz CT molecular complexity index is 1140. The zero-order valence-electron chi connectivity index (χ0n) is 36.3. The number of carbonyl (C=O) groups excluding carboxylic acids is 2. The van der Waals surface area contributed by atoms with E-state index in [2.05, 4.69) is 68.5 Å². The maximum atomic E-state index is 12.7. The highest BCUT2D eigenvalue weighted by Gasteiger charge is 2.21. The molecule has 0 fully saturated rings. The number of hydrogen-bond acceptors (Lipinski definition) is 8. The number of unbranched alkanes of at least 4 members (excludes halogenated alkanes) is 15. The van der Waals surface area contributed by atoms with Crippen LogP contribution in [0.3, 0.4) is 0 Å². The van der Waals surface area contributed by atoms with Gasteiger partial charge in [0.15, 0.2) is 6.10 Å². The quantitative estimate of drug-likeness (QED) is 0.0198. The molecule has 0 aromatic rings. The third-order valence-electron chi connectivity index (χ3n) is 9.05. The van der Waals surface area contributed by atoms with Crippen molar-refractivity contribution < 1.29 is 42.1 Å². The normalized spacial score (nSPS) is 14.2. The van der Waals surface area contributed by atoms with Crippen molar-refractivity contribution in [1.82, 2.24) is 0 Å². The molecular formula is C46H82NO8P. The SMILES string of the molecule is CC/C=C/C/C=C/C/C=C/C/C=C/C/C=C/CCCC(=O)OC[C@H](COP(=O)([O-])OCC[N+](C)(C)C)OC(=O)CCCCCCCCCCCCCCCCC. The van der Waals surface area contributed by atoms with Crippen molar-refractivity contribution in [2.45, 2.75) is 174 Å². The van der Waals surface area contributed by atoms with Gasteiger partial charge in [-0.2, -0.15) is 0 Å². The summed E-state index contributed by atoms with van der Waals surface area (Å²) in [5.41, 5.74) is 0. The second-order valence-electron chi connectivity index (χ2n) is 15.7. The van der Waals surface area contributed by atoms with Crippen LogP contribution in [0.2, 0.25) is 0 Å². The highest BCUT2D eigenvalue weighted by atomic mass is 31.2. The molecule has 10 heteroatoms. The van der Waals surface area contributed by atoms with Crippen molar-refractivity contribution in [2.24, 2.45) is 0 Å². The van der Waals surface area contributed by atoms with Gasteiger partial charge in [-0.25, -0.2) is 0 Å². The van der Waals surface area contributed by atoms with E-state index in [9.17, 15) is 19.0 Å². The number of carbonyl (C=O) groups is 2. The predicted octanol–water partition coefficient (Wildman–Crippen LogP) is 11.8. The first-order valence-electron chi connectivity index (χ1n) is 22.0. The van der Waals surface area contributed by atoms with Gasteiger partial charge in [-0.3, -0.25) is 14.2 Å². The maximum absolute atomic E-state index is 12.7. The summed E-state index contributed by atoms with van der Waals surface area (Å²) in [5.74, 6) is -0.903. The van der Waals surface area contributed by atoms with Crippen molar-refractivity contribution in [3.05, 3.63) is 60.8 Å². The predicted molar refractivity (Wildman–Crippen MR) is 231 cm³/mol. The van der Waals surface area contributed by atoms with Gasteiger partial charge in [-0.1, -0.05) is 164 Å². The number of phosphoric acid groups is 1. The molecule has 1 unspecified atom stereocenters. The van der Waals surface area contributed by atoms with E-state index in [4.69, 9.17) is 18.5 Å². The lowest BCUT2D eigenvalue weighted by Gasteiger charge is -2.28. The lowest BCUT2D eigenvalue weighted by atomic mass is 10.0. The van der Waals surface area contributed by atoms with Crippen LogP contribution in [0.1, 0.15) is 168 Å². The van der Waals surface area contributed by atoms with E-state index in [0.717, 1.165) is 57.8 Å². The van der Waals surface area contributed by atoms with Crippen LogP contribution in [-0.4, -0.2) is 70.0 Å². The third-order valence-corrected chi connectivity index (χ3v) is 10.0. The van der Waals surface area contributed by atoms with E-state index in [0.29, 0.717) is 23.9 Å². The Hall–Kier alpha value is -2.29. The molecule has 0 heterocycles. The number of rotatable bonds is 39. The van der Waals surface area contributed by atoms with Gasteiger partial charge in [0.05, 0.1) is 27.7 Å². The first-order chi connectivity index (χ1) is 27.0. The molecule has 324 valence electrons. The molecule has 0 amide bonds. The molecule has 0 rings (SSSR count). The van der Waals surface area contributed by atoms with Crippen molar-refractivity contribution in [2.75, 3.05) is 47.5 Å². The molecule has 0 radical (unpaired) electrons. The van der Waals surface area contributed by atoms with Gasteiger partial charge >= 0.3 is 11.9 Å². The number of quaternary nitrogens is 1. The molecule has 0 aliphatic rings. The average molecular weight is 808 g/mol. The second kappa shape index (κ2) is 38.2. The topological polar surface area (TPSA) is 111 Å². The average Bonchev–Trinajstić information content (AvgIpc) is 3.15. The van der Waals surface area contributed by atoms with Crippen LogP contribution in [0.25, 0.3) is 0 Å². The minimum absolute atomic E-state index is 0.0409. The largest absolute Gasteiger partial charge is 0.756 e. The van der Waals surface area contributed by atoms with E-state index < -0.39 is 32.5 Å². The summed E-state index contributed by atoms with van der Waals surface area (Å²) in [5, 5.41) is 0. The lowest BCUT2D eigenvalue weighted by molar-refractivity contribution is -0.870. The molecular weight excluding hydrogens is 725 g/mol. The zero-order valence-corrected chi connectivity index (χ0v) is 37.2. The summed E-state index contributed by atoms with van der Waals surface area (Å²) in [7, 11) is 1.13. The monoisotopic (exact) mass is 808 g/mol. The molecule has 0 aromatic heterocycles. The van der Waals surface area contributed by atoms with Crippen LogP contribution in [-0.2, 0) is 32.7 Å². The lowest BCUT2D eigenvalue weighted by Crippen LogP contribution is -2.37. The summed E-state index contributed by atoms with van der Waals surface area (Å²) in [6, 6.07) is 0.